The van der Waals surface area contributed by atoms with Crippen LogP contribution in [0.25, 0.3) is 0 Å². The van der Waals surface area contributed by atoms with Crippen molar-refractivity contribution in [1.82, 2.24) is 9.78 Å². The maximum absolute atomic E-state index is 11.7. The molecule has 0 radical (unpaired) electrons. The van der Waals surface area contributed by atoms with Crippen molar-refractivity contribution < 1.29 is 9.84 Å². The summed E-state index contributed by atoms with van der Waals surface area (Å²) in [5.41, 5.74) is 0.634. The van der Waals surface area contributed by atoms with Gasteiger partial charge < -0.3 is 14.7 Å². The molecule has 1 aliphatic heterocycles. The number of anilines is 1. The Hall–Kier alpha value is -1.40. The molecule has 2 rings (SSSR count). The zero-order chi connectivity index (χ0) is 12.3. The minimum atomic E-state index is -0.575. The Morgan fingerprint density at radius 3 is 2.82 bits per heavy atom. The van der Waals surface area contributed by atoms with Crippen molar-refractivity contribution in [2.45, 2.75) is 19.6 Å². The molecule has 0 saturated carbocycles. The van der Waals surface area contributed by atoms with E-state index >= 15 is 0 Å². The fourth-order valence-corrected chi connectivity index (χ4v) is 1.81. The van der Waals surface area contributed by atoms with Crippen molar-refractivity contribution >= 4 is 5.69 Å². The second-order valence-corrected chi connectivity index (χ2v) is 4.18. The lowest BCUT2D eigenvalue weighted by Crippen LogP contribution is -2.37. The minimum Gasteiger partial charge on any atom is -0.391 e. The molecular weight excluding hydrogens is 222 g/mol. The topological polar surface area (TPSA) is 67.6 Å². The number of hydrogen-bond donors (Lipinski definition) is 1. The van der Waals surface area contributed by atoms with Crippen LogP contribution >= 0.6 is 0 Å². The fraction of sp³-hybridized carbons (Fsp3) is 0.636. The summed E-state index contributed by atoms with van der Waals surface area (Å²) in [6.07, 6.45) is 1.09. The monoisotopic (exact) mass is 239 g/mol. The Kier molecular flexibility index (Phi) is 3.75. The van der Waals surface area contributed by atoms with Crippen LogP contribution in [0.4, 0.5) is 5.69 Å². The number of morpholine rings is 1. The molecule has 0 amide bonds. The Labute approximate surface area is 99.4 Å². The zero-order valence-electron chi connectivity index (χ0n) is 9.87. The van der Waals surface area contributed by atoms with Gasteiger partial charge in [-0.2, -0.15) is 5.10 Å². The van der Waals surface area contributed by atoms with E-state index in [1.54, 1.807) is 19.2 Å². The van der Waals surface area contributed by atoms with E-state index in [0.717, 1.165) is 18.8 Å². The van der Waals surface area contributed by atoms with Crippen LogP contribution in [0.3, 0.4) is 0 Å². The maximum atomic E-state index is 11.7. The molecule has 1 saturated heterocycles. The van der Waals surface area contributed by atoms with Gasteiger partial charge in [-0.05, 0) is 6.92 Å². The highest BCUT2D eigenvalue weighted by molar-refractivity contribution is 5.43. The van der Waals surface area contributed by atoms with E-state index in [1.807, 2.05) is 0 Å². The third kappa shape index (κ3) is 3.04. The van der Waals surface area contributed by atoms with E-state index in [2.05, 4.69) is 10.00 Å². The summed E-state index contributed by atoms with van der Waals surface area (Å²) in [6, 6.07) is 1.56. The van der Waals surface area contributed by atoms with Crippen LogP contribution < -0.4 is 10.5 Å². The molecule has 17 heavy (non-hydrogen) atoms. The number of aromatic nitrogens is 2. The molecule has 1 aromatic heterocycles. The van der Waals surface area contributed by atoms with Crippen molar-refractivity contribution in [3.8, 4) is 0 Å². The molecule has 94 valence electrons. The van der Waals surface area contributed by atoms with Gasteiger partial charge in [-0.1, -0.05) is 0 Å². The van der Waals surface area contributed by atoms with Crippen molar-refractivity contribution in [3.05, 3.63) is 22.6 Å². The summed E-state index contributed by atoms with van der Waals surface area (Å²) in [4.78, 5) is 13.8. The molecule has 0 aliphatic carbocycles. The second-order valence-electron chi connectivity index (χ2n) is 4.18. The zero-order valence-corrected chi connectivity index (χ0v) is 9.87. The average molecular weight is 239 g/mol. The van der Waals surface area contributed by atoms with Crippen LogP contribution in [0.2, 0.25) is 0 Å². The quantitative estimate of drug-likeness (QED) is 0.767. The first kappa shape index (κ1) is 12.1. The van der Waals surface area contributed by atoms with Gasteiger partial charge in [-0.25, -0.2) is 4.68 Å². The lowest BCUT2D eigenvalue weighted by atomic mass is 10.3. The van der Waals surface area contributed by atoms with Gasteiger partial charge in [0.1, 0.15) is 0 Å². The fourth-order valence-electron chi connectivity index (χ4n) is 1.81. The van der Waals surface area contributed by atoms with E-state index in [4.69, 9.17) is 4.74 Å². The molecule has 0 aromatic carbocycles. The van der Waals surface area contributed by atoms with Gasteiger partial charge in [-0.15, -0.1) is 0 Å². The van der Waals surface area contributed by atoms with E-state index in [1.165, 1.54) is 4.68 Å². The van der Waals surface area contributed by atoms with E-state index < -0.39 is 6.10 Å². The van der Waals surface area contributed by atoms with Crippen LogP contribution in [-0.2, 0) is 11.3 Å². The summed E-state index contributed by atoms with van der Waals surface area (Å²) >= 11 is 0. The van der Waals surface area contributed by atoms with Gasteiger partial charge in [-0.3, -0.25) is 4.79 Å². The van der Waals surface area contributed by atoms with Crippen molar-refractivity contribution in [2.24, 2.45) is 0 Å². The smallest absolute Gasteiger partial charge is 0.268 e. The van der Waals surface area contributed by atoms with Gasteiger partial charge in [0.05, 0.1) is 37.7 Å². The van der Waals surface area contributed by atoms with Gasteiger partial charge in [0.15, 0.2) is 0 Å². The molecule has 1 fully saturated rings. The normalized spacial score (nSPS) is 18.1. The highest BCUT2D eigenvalue weighted by atomic mass is 16.5. The number of ether oxygens (including phenoxy) is 1. The van der Waals surface area contributed by atoms with E-state index in [-0.39, 0.29) is 12.1 Å². The van der Waals surface area contributed by atoms with E-state index in [0.29, 0.717) is 13.2 Å². The SMILES string of the molecule is C[C@@H](O)Cn1ncc(N2CCOCC2)cc1=O. The van der Waals surface area contributed by atoms with Crippen molar-refractivity contribution in [2.75, 3.05) is 31.2 Å². The van der Waals surface area contributed by atoms with Gasteiger partial charge >= 0.3 is 0 Å². The largest absolute Gasteiger partial charge is 0.391 e. The van der Waals surface area contributed by atoms with Crippen molar-refractivity contribution in [3.63, 3.8) is 0 Å². The summed E-state index contributed by atoms with van der Waals surface area (Å²) in [7, 11) is 0. The number of nitrogens with zero attached hydrogens (tertiary/aromatic N) is 3. The molecule has 1 N–H and O–H groups in total. The van der Waals surface area contributed by atoms with E-state index in [9.17, 15) is 9.90 Å². The molecule has 6 nitrogen and oxygen atoms in total. The number of rotatable bonds is 3. The van der Waals surface area contributed by atoms with Gasteiger partial charge in [0.25, 0.3) is 5.56 Å². The minimum absolute atomic E-state index is 0.185. The molecule has 1 aromatic rings. The molecule has 0 bridgehead atoms. The Morgan fingerprint density at radius 2 is 2.24 bits per heavy atom. The highest BCUT2D eigenvalue weighted by Gasteiger charge is 2.12. The van der Waals surface area contributed by atoms with Crippen molar-refractivity contribution in [1.29, 1.82) is 0 Å². The maximum Gasteiger partial charge on any atom is 0.268 e. The molecule has 1 aliphatic rings. The molecule has 0 spiro atoms. The first-order chi connectivity index (χ1) is 8.16. The van der Waals surface area contributed by atoms with Crippen LogP contribution in [-0.4, -0.2) is 47.3 Å². The first-order valence-electron chi connectivity index (χ1n) is 5.75. The van der Waals surface area contributed by atoms with Crippen LogP contribution in [0.5, 0.6) is 0 Å². The molecule has 2 heterocycles. The molecule has 1 atom stereocenters. The van der Waals surface area contributed by atoms with Crippen LogP contribution in [0.1, 0.15) is 6.92 Å². The number of aliphatic hydroxyl groups excluding tert-OH is 1. The summed E-state index contributed by atoms with van der Waals surface area (Å²) in [6.45, 7) is 4.77. The average Bonchev–Trinajstić information content (AvgIpc) is 2.32. The molecule has 0 unspecified atom stereocenters. The second kappa shape index (κ2) is 5.29. The summed E-state index contributed by atoms with van der Waals surface area (Å²) in [5, 5.41) is 13.3. The molecule has 6 heteroatoms. The third-order valence-electron chi connectivity index (χ3n) is 2.67. The standard InChI is InChI=1S/C11H17N3O3/c1-9(15)8-14-11(16)6-10(7-12-14)13-2-4-17-5-3-13/h6-7,9,15H,2-5,8H2,1H3/t9-/m1/s1. The lowest BCUT2D eigenvalue weighted by molar-refractivity contribution is 0.122. The Morgan fingerprint density at radius 1 is 1.53 bits per heavy atom. The Bertz CT molecular complexity index is 424. The molecular formula is C11H17N3O3. The van der Waals surface area contributed by atoms with Gasteiger partial charge in [0.2, 0.25) is 0 Å². The lowest BCUT2D eigenvalue weighted by Gasteiger charge is -2.28. The van der Waals surface area contributed by atoms with Gasteiger partial charge in [0, 0.05) is 19.2 Å². The highest BCUT2D eigenvalue weighted by Crippen LogP contribution is 2.11. The predicted octanol–water partition coefficient (Wildman–Crippen LogP) is -0.539. The first-order valence-corrected chi connectivity index (χ1v) is 5.75. The Balaban J connectivity index is 2.15. The summed E-state index contributed by atoms with van der Waals surface area (Å²) in [5.74, 6) is 0. The van der Waals surface area contributed by atoms with Crippen LogP contribution in [0, 0.1) is 0 Å². The summed E-state index contributed by atoms with van der Waals surface area (Å²) < 4.78 is 6.52. The number of aliphatic hydroxyl groups is 1. The third-order valence-corrected chi connectivity index (χ3v) is 2.67. The predicted molar refractivity (Wildman–Crippen MR) is 63.2 cm³/mol. The van der Waals surface area contributed by atoms with Crippen LogP contribution in [0.15, 0.2) is 17.1 Å². The number of hydrogen-bond acceptors (Lipinski definition) is 5.